The SMILES string of the molecule is O=C(NO)c1ccc(N(c2ncccn2)C2CCNC2)cc1. The Hall–Kier alpha value is -2.51. The second kappa shape index (κ2) is 6.50. The molecular formula is C15H17N5O2. The Morgan fingerprint density at radius 2 is 2.00 bits per heavy atom. The maximum absolute atomic E-state index is 11.4. The average molecular weight is 299 g/mol. The van der Waals surface area contributed by atoms with E-state index in [4.69, 9.17) is 5.21 Å². The fraction of sp³-hybridized carbons (Fsp3) is 0.267. The lowest BCUT2D eigenvalue weighted by Gasteiger charge is -2.28. The molecule has 0 bridgehead atoms. The summed E-state index contributed by atoms with van der Waals surface area (Å²) < 4.78 is 0. The Labute approximate surface area is 128 Å². The Kier molecular flexibility index (Phi) is 4.27. The topological polar surface area (TPSA) is 90.4 Å². The summed E-state index contributed by atoms with van der Waals surface area (Å²) in [6, 6.07) is 9.04. The van der Waals surface area contributed by atoms with Crippen molar-refractivity contribution in [3.63, 3.8) is 0 Å². The minimum atomic E-state index is -0.531. The van der Waals surface area contributed by atoms with E-state index in [0.29, 0.717) is 11.5 Å². The first-order valence-corrected chi connectivity index (χ1v) is 7.11. The largest absolute Gasteiger partial charge is 0.315 e. The molecule has 2 aromatic rings. The molecule has 0 saturated carbocycles. The number of hydrogen-bond acceptors (Lipinski definition) is 6. The molecule has 1 saturated heterocycles. The van der Waals surface area contributed by atoms with Crippen molar-refractivity contribution in [2.24, 2.45) is 0 Å². The lowest BCUT2D eigenvalue weighted by molar-refractivity contribution is 0.0706. The van der Waals surface area contributed by atoms with Crippen molar-refractivity contribution in [1.29, 1.82) is 0 Å². The summed E-state index contributed by atoms with van der Waals surface area (Å²) >= 11 is 0. The van der Waals surface area contributed by atoms with Crippen LogP contribution >= 0.6 is 0 Å². The highest BCUT2D eigenvalue weighted by molar-refractivity contribution is 5.93. The van der Waals surface area contributed by atoms with Crippen LogP contribution in [-0.4, -0.2) is 40.2 Å². The van der Waals surface area contributed by atoms with Crippen LogP contribution in [-0.2, 0) is 0 Å². The van der Waals surface area contributed by atoms with Gasteiger partial charge in [0.1, 0.15) is 0 Å². The summed E-state index contributed by atoms with van der Waals surface area (Å²) in [6.45, 7) is 1.82. The van der Waals surface area contributed by atoms with Crippen molar-refractivity contribution in [3.05, 3.63) is 48.3 Å². The molecular weight excluding hydrogens is 282 g/mol. The van der Waals surface area contributed by atoms with Crippen molar-refractivity contribution in [3.8, 4) is 0 Å². The molecule has 0 radical (unpaired) electrons. The van der Waals surface area contributed by atoms with E-state index >= 15 is 0 Å². The van der Waals surface area contributed by atoms with Crippen LogP contribution in [0.15, 0.2) is 42.7 Å². The molecule has 1 fully saturated rings. The van der Waals surface area contributed by atoms with E-state index < -0.39 is 5.91 Å². The first-order chi connectivity index (χ1) is 10.8. The minimum absolute atomic E-state index is 0.264. The normalized spacial score (nSPS) is 17.2. The molecule has 22 heavy (non-hydrogen) atoms. The van der Waals surface area contributed by atoms with Crippen LogP contribution < -0.4 is 15.7 Å². The van der Waals surface area contributed by atoms with Crippen LogP contribution in [0, 0.1) is 0 Å². The number of carbonyl (C=O) groups excluding carboxylic acids is 1. The number of hydrogen-bond donors (Lipinski definition) is 3. The predicted molar refractivity (Wildman–Crippen MR) is 81.1 cm³/mol. The summed E-state index contributed by atoms with van der Waals surface area (Å²) in [5.74, 6) is 0.104. The number of amides is 1. The van der Waals surface area contributed by atoms with Crippen LogP contribution in [0.1, 0.15) is 16.8 Å². The second-order valence-corrected chi connectivity index (χ2v) is 5.05. The highest BCUT2D eigenvalue weighted by Gasteiger charge is 2.25. The van der Waals surface area contributed by atoms with Gasteiger partial charge in [-0.25, -0.2) is 15.4 Å². The molecule has 1 aliphatic heterocycles. The molecule has 0 aliphatic carbocycles. The van der Waals surface area contributed by atoms with E-state index in [1.807, 2.05) is 12.1 Å². The first-order valence-electron chi connectivity index (χ1n) is 7.11. The van der Waals surface area contributed by atoms with Gasteiger partial charge in [0, 0.05) is 30.2 Å². The monoisotopic (exact) mass is 299 g/mol. The predicted octanol–water partition coefficient (Wildman–Crippen LogP) is 1.10. The van der Waals surface area contributed by atoms with Gasteiger partial charge in [-0.1, -0.05) is 0 Å². The zero-order valence-electron chi connectivity index (χ0n) is 11.9. The maximum atomic E-state index is 11.4. The van der Waals surface area contributed by atoms with Gasteiger partial charge in [-0.3, -0.25) is 10.0 Å². The number of rotatable bonds is 4. The molecule has 1 unspecified atom stereocenters. The maximum Gasteiger partial charge on any atom is 0.274 e. The number of benzene rings is 1. The van der Waals surface area contributed by atoms with E-state index in [2.05, 4.69) is 20.2 Å². The van der Waals surface area contributed by atoms with Crippen molar-refractivity contribution in [1.82, 2.24) is 20.8 Å². The third kappa shape index (κ3) is 2.90. The molecule has 2 heterocycles. The molecule has 3 N–H and O–H groups in total. The van der Waals surface area contributed by atoms with Gasteiger partial charge in [0.2, 0.25) is 5.95 Å². The molecule has 1 aliphatic rings. The molecule has 3 rings (SSSR count). The lowest BCUT2D eigenvalue weighted by atomic mass is 10.1. The number of nitrogens with one attached hydrogen (secondary N) is 2. The van der Waals surface area contributed by atoms with Crippen LogP contribution in [0.2, 0.25) is 0 Å². The number of hydroxylamine groups is 1. The van der Waals surface area contributed by atoms with Crippen LogP contribution in [0.3, 0.4) is 0 Å². The van der Waals surface area contributed by atoms with E-state index in [9.17, 15) is 4.79 Å². The van der Waals surface area contributed by atoms with E-state index in [1.54, 1.807) is 36.1 Å². The van der Waals surface area contributed by atoms with Gasteiger partial charge in [-0.2, -0.15) is 0 Å². The molecule has 1 atom stereocenters. The third-order valence-electron chi connectivity index (χ3n) is 3.68. The zero-order chi connectivity index (χ0) is 15.4. The summed E-state index contributed by atoms with van der Waals surface area (Å²) in [6.07, 6.45) is 4.42. The van der Waals surface area contributed by atoms with E-state index in [1.165, 1.54) is 0 Å². The van der Waals surface area contributed by atoms with Crippen molar-refractivity contribution in [2.75, 3.05) is 18.0 Å². The molecule has 1 aromatic carbocycles. The van der Waals surface area contributed by atoms with Gasteiger partial charge >= 0.3 is 0 Å². The van der Waals surface area contributed by atoms with Crippen molar-refractivity contribution < 1.29 is 10.0 Å². The Balaban J connectivity index is 1.93. The van der Waals surface area contributed by atoms with Gasteiger partial charge in [-0.05, 0) is 43.3 Å². The highest BCUT2D eigenvalue weighted by atomic mass is 16.5. The standard InChI is InChI=1S/C15H17N5O2/c21-14(19-22)11-2-4-12(5-3-11)20(13-6-9-16-10-13)15-17-7-1-8-18-15/h1-5,7-8,13,16,22H,6,9-10H2,(H,19,21). The van der Waals surface area contributed by atoms with E-state index in [-0.39, 0.29) is 6.04 Å². The van der Waals surface area contributed by atoms with Gasteiger partial charge in [0.25, 0.3) is 5.91 Å². The molecule has 1 aromatic heterocycles. The quantitative estimate of drug-likeness (QED) is 0.578. The van der Waals surface area contributed by atoms with Crippen LogP contribution in [0.25, 0.3) is 0 Å². The van der Waals surface area contributed by atoms with Crippen LogP contribution in [0.4, 0.5) is 11.6 Å². The summed E-state index contributed by atoms with van der Waals surface area (Å²) in [5, 5.41) is 12.0. The highest BCUT2D eigenvalue weighted by Crippen LogP contribution is 2.27. The van der Waals surface area contributed by atoms with Gasteiger partial charge in [0.05, 0.1) is 6.04 Å². The Bertz CT molecular complexity index is 626. The fourth-order valence-corrected chi connectivity index (χ4v) is 2.60. The van der Waals surface area contributed by atoms with Gasteiger partial charge < -0.3 is 10.2 Å². The minimum Gasteiger partial charge on any atom is -0.315 e. The summed E-state index contributed by atoms with van der Waals surface area (Å²) in [7, 11) is 0. The number of carbonyl (C=O) groups is 1. The number of anilines is 2. The smallest absolute Gasteiger partial charge is 0.274 e. The molecule has 114 valence electrons. The molecule has 0 spiro atoms. The fourth-order valence-electron chi connectivity index (χ4n) is 2.60. The number of nitrogens with zero attached hydrogens (tertiary/aromatic N) is 3. The Morgan fingerprint density at radius 1 is 1.27 bits per heavy atom. The van der Waals surface area contributed by atoms with Gasteiger partial charge in [0.15, 0.2) is 0 Å². The van der Waals surface area contributed by atoms with Gasteiger partial charge in [-0.15, -0.1) is 0 Å². The Morgan fingerprint density at radius 3 is 2.59 bits per heavy atom. The van der Waals surface area contributed by atoms with Crippen LogP contribution in [0.5, 0.6) is 0 Å². The second-order valence-electron chi connectivity index (χ2n) is 5.05. The van der Waals surface area contributed by atoms with Crippen molar-refractivity contribution in [2.45, 2.75) is 12.5 Å². The zero-order valence-corrected chi connectivity index (χ0v) is 11.9. The van der Waals surface area contributed by atoms with Crippen molar-refractivity contribution >= 4 is 17.5 Å². The average Bonchev–Trinajstić information content (AvgIpc) is 3.10. The molecule has 7 heteroatoms. The third-order valence-corrected chi connectivity index (χ3v) is 3.68. The summed E-state index contributed by atoms with van der Waals surface area (Å²) in [4.78, 5) is 22.2. The molecule has 7 nitrogen and oxygen atoms in total. The first kappa shape index (κ1) is 14.4. The molecule has 1 amide bonds. The number of aromatic nitrogens is 2. The lowest BCUT2D eigenvalue weighted by Crippen LogP contribution is -2.34. The van der Waals surface area contributed by atoms with E-state index in [0.717, 1.165) is 25.2 Å². The summed E-state index contributed by atoms with van der Waals surface area (Å²) in [5.41, 5.74) is 2.93.